The van der Waals surface area contributed by atoms with Gasteiger partial charge in [-0.1, -0.05) is 42.8 Å². The van der Waals surface area contributed by atoms with Crippen molar-refractivity contribution in [1.82, 2.24) is 9.55 Å². The Hall–Kier alpha value is -3.47. The molecule has 0 saturated heterocycles. The van der Waals surface area contributed by atoms with Gasteiger partial charge in [-0.3, -0.25) is 9.59 Å². The van der Waals surface area contributed by atoms with E-state index in [0.29, 0.717) is 46.8 Å². The van der Waals surface area contributed by atoms with Gasteiger partial charge in [0.05, 0.1) is 18.8 Å². The fourth-order valence-corrected chi connectivity index (χ4v) is 4.11. The maximum Gasteiger partial charge on any atom is 0.303 e. The molecule has 0 unspecified atom stereocenters. The van der Waals surface area contributed by atoms with Crippen LogP contribution in [0.3, 0.4) is 0 Å². The van der Waals surface area contributed by atoms with Crippen LogP contribution < -0.4 is 0 Å². The molecule has 0 radical (unpaired) electrons. The minimum Gasteiger partial charge on any atom is -0.481 e. The lowest BCUT2D eigenvalue weighted by atomic mass is 9.95. The van der Waals surface area contributed by atoms with E-state index < -0.39 is 5.97 Å². The van der Waals surface area contributed by atoms with Gasteiger partial charge in [-0.15, -0.1) is 0 Å². The summed E-state index contributed by atoms with van der Waals surface area (Å²) in [6, 6.07) is 11.2. The van der Waals surface area contributed by atoms with Crippen molar-refractivity contribution in [3.05, 3.63) is 76.1 Å². The Labute approximate surface area is 203 Å². The highest BCUT2D eigenvalue weighted by Crippen LogP contribution is 2.28. The van der Waals surface area contributed by atoms with Gasteiger partial charge in [0.25, 0.3) is 0 Å². The van der Waals surface area contributed by atoms with Gasteiger partial charge in [0, 0.05) is 54.2 Å². The largest absolute Gasteiger partial charge is 0.481 e. The maximum absolute atomic E-state index is 13.2. The minimum absolute atomic E-state index is 0.0859. The quantitative estimate of drug-likeness (QED) is 0.233. The Morgan fingerprint density at radius 1 is 1.29 bits per heavy atom. The molecule has 0 aliphatic rings. The number of carboxylic acid groups (broad SMARTS) is 1. The number of ether oxygens (including phenoxy) is 1. The summed E-state index contributed by atoms with van der Waals surface area (Å²) < 4.78 is 7.53. The van der Waals surface area contributed by atoms with E-state index in [-0.39, 0.29) is 24.5 Å². The minimum atomic E-state index is -0.937. The number of nitrogens with zero attached hydrogens (tertiary/aromatic N) is 3. The summed E-state index contributed by atoms with van der Waals surface area (Å²) in [6.45, 7) is 2.57. The number of hydrogen-bond acceptors (Lipinski definition) is 5. The van der Waals surface area contributed by atoms with E-state index >= 15 is 0 Å². The number of pyridine rings is 1. The summed E-state index contributed by atoms with van der Waals surface area (Å²) >= 11 is 5.99. The van der Waals surface area contributed by atoms with Crippen LogP contribution in [0.5, 0.6) is 0 Å². The number of halogens is 1. The number of hydrogen-bond donors (Lipinski definition) is 1. The van der Waals surface area contributed by atoms with Crippen molar-refractivity contribution in [1.29, 1.82) is 5.26 Å². The molecule has 7 nitrogen and oxygen atoms in total. The van der Waals surface area contributed by atoms with Crippen LogP contribution >= 0.6 is 11.6 Å². The van der Waals surface area contributed by atoms with Crippen molar-refractivity contribution in [2.24, 2.45) is 13.0 Å². The third kappa shape index (κ3) is 6.31. The van der Waals surface area contributed by atoms with Crippen LogP contribution in [-0.2, 0) is 29.6 Å². The third-order valence-electron chi connectivity index (χ3n) is 5.46. The second kappa shape index (κ2) is 11.6. The second-order valence-electron chi connectivity index (χ2n) is 8.24. The molecule has 3 rings (SSSR count). The Bertz CT molecular complexity index is 1270. The van der Waals surface area contributed by atoms with Gasteiger partial charge in [0.15, 0.2) is 5.78 Å². The molecule has 1 N–H and O–H groups in total. The van der Waals surface area contributed by atoms with Gasteiger partial charge in [-0.25, -0.2) is 4.98 Å². The van der Waals surface area contributed by atoms with Crippen LogP contribution in [-0.4, -0.2) is 33.0 Å². The Kier molecular flexibility index (Phi) is 8.58. The molecule has 0 aliphatic heterocycles. The number of aryl methyl sites for hydroxylation is 1. The summed E-state index contributed by atoms with van der Waals surface area (Å²) in [7, 11) is 1.83. The molecular weight excluding hydrogens is 454 g/mol. The lowest BCUT2D eigenvalue weighted by molar-refractivity contribution is -0.137. The van der Waals surface area contributed by atoms with E-state index in [4.69, 9.17) is 21.4 Å². The Morgan fingerprint density at radius 3 is 2.79 bits per heavy atom. The molecule has 0 fully saturated rings. The zero-order valence-electron chi connectivity index (χ0n) is 19.1. The van der Waals surface area contributed by atoms with E-state index in [0.717, 1.165) is 11.3 Å². The number of Topliss-reactive ketones (excluding diaryl/α,β-unsaturated/α-hetero) is 1. The number of nitriles is 1. The van der Waals surface area contributed by atoms with E-state index in [1.54, 1.807) is 13.0 Å². The normalized spacial score (nSPS) is 12.2. The fraction of sp³-hybridized carbons (Fsp3) is 0.308. The molecule has 2 heterocycles. The van der Waals surface area contributed by atoms with Crippen LogP contribution in [0.25, 0.3) is 11.0 Å². The molecule has 34 heavy (non-hydrogen) atoms. The average molecular weight is 480 g/mol. The topological polar surface area (TPSA) is 105 Å². The zero-order valence-corrected chi connectivity index (χ0v) is 19.9. The van der Waals surface area contributed by atoms with E-state index in [9.17, 15) is 14.9 Å². The van der Waals surface area contributed by atoms with Gasteiger partial charge in [-0.05, 0) is 29.7 Å². The number of carboxylic acids is 1. The summed E-state index contributed by atoms with van der Waals surface area (Å²) in [5, 5.41) is 19.6. The first-order valence-electron chi connectivity index (χ1n) is 10.9. The van der Waals surface area contributed by atoms with Gasteiger partial charge >= 0.3 is 5.97 Å². The molecule has 1 aromatic carbocycles. The van der Waals surface area contributed by atoms with Crippen molar-refractivity contribution in [3.8, 4) is 6.07 Å². The first-order chi connectivity index (χ1) is 16.3. The lowest BCUT2D eigenvalue weighted by Crippen LogP contribution is -2.12. The molecular formula is C26H26ClN3O4. The molecule has 0 spiro atoms. The summed E-state index contributed by atoms with van der Waals surface area (Å²) in [5.41, 5.74) is 3.20. The van der Waals surface area contributed by atoms with E-state index in [2.05, 4.69) is 11.1 Å². The first-order valence-corrected chi connectivity index (χ1v) is 11.3. The molecule has 1 atom stereocenters. The number of ketones is 1. The molecule has 176 valence electrons. The summed E-state index contributed by atoms with van der Waals surface area (Å²) in [4.78, 5) is 28.6. The van der Waals surface area contributed by atoms with Gasteiger partial charge in [0.1, 0.15) is 11.7 Å². The lowest BCUT2D eigenvalue weighted by Gasteiger charge is -2.09. The molecule has 0 aliphatic carbocycles. The van der Waals surface area contributed by atoms with E-state index in [1.165, 1.54) is 6.20 Å². The number of carbonyl (C=O) groups is 2. The van der Waals surface area contributed by atoms with Crippen LogP contribution in [0, 0.1) is 17.2 Å². The number of allylic oxidation sites excluding steroid dienone is 1. The molecule has 8 heteroatoms. The van der Waals surface area contributed by atoms with Crippen LogP contribution in [0.4, 0.5) is 0 Å². The van der Waals surface area contributed by atoms with Gasteiger partial charge in [0.2, 0.25) is 0 Å². The second-order valence-corrected chi connectivity index (χ2v) is 8.68. The van der Waals surface area contributed by atoms with Gasteiger partial charge in [-0.2, -0.15) is 5.26 Å². The number of rotatable bonds is 11. The van der Waals surface area contributed by atoms with Crippen LogP contribution in [0.2, 0.25) is 5.02 Å². The van der Waals surface area contributed by atoms with Gasteiger partial charge < -0.3 is 14.4 Å². The van der Waals surface area contributed by atoms with Crippen LogP contribution in [0.1, 0.15) is 46.9 Å². The van der Waals surface area contributed by atoms with E-state index in [1.807, 2.05) is 48.0 Å². The number of carbonyl (C=O) groups excluding carboxylic acids is 1. The number of aliphatic carboxylic acids is 1. The molecule has 3 aromatic rings. The number of benzene rings is 1. The molecule has 0 bridgehead atoms. The van der Waals surface area contributed by atoms with Crippen molar-refractivity contribution in [2.75, 3.05) is 6.61 Å². The Balaban J connectivity index is 1.78. The third-order valence-corrected chi connectivity index (χ3v) is 5.70. The summed E-state index contributed by atoms with van der Waals surface area (Å²) in [5.74, 6) is -1.40. The predicted molar refractivity (Wildman–Crippen MR) is 130 cm³/mol. The predicted octanol–water partition coefficient (Wildman–Crippen LogP) is 5.10. The van der Waals surface area contributed by atoms with Crippen molar-refractivity contribution in [3.63, 3.8) is 0 Å². The SMILES string of the molecule is C[C@H](CC(=O)O)CC(=O)c1c(C/C=C/COCc2cccc(Cl)c2)n(C)c2ncc(C#N)cc12. The standard InChI is InChI=1S/C26H26ClN3O4/c1-17(11-24(32)33)10-23(31)25-21-13-19(14-28)15-29-26(21)30(2)22(25)8-3-4-9-34-16-18-6-5-7-20(27)12-18/h3-7,12-13,15,17H,8-11,16H2,1-2H3,(H,32,33)/b4-3+/t17-/m0/s1. The highest BCUT2D eigenvalue weighted by atomic mass is 35.5. The number of aromatic nitrogens is 2. The summed E-state index contributed by atoms with van der Waals surface area (Å²) in [6.07, 6.45) is 5.77. The van der Waals surface area contributed by atoms with Crippen molar-refractivity contribution in [2.45, 2.75) is 32.8 Å². The van der Waals surface area contributed by atoms with Crippen molar-refractivity contribution >= 4 is 34.4 Å². The fourth-order valence-electron chi connectivity index (χ4n) is 3.89. The molecule has 0 amide bonds. The molecule has 2 aromatic heterocycles. The maximum atomic E-state index is 13.2. The molecule has 0 saturated carbocycles. The average Bonchev–Trinajstić information content (AvgIpc) is 3.06. The monoisotopic (exact) mass is 479 g/mol. The Morgan fingerprint density at radius 2 is 2.09 bits per heavy atom. The first kappa shape index (κ1) is 25.2. The van der Waals surface area contributed by atoms with Crippen molar-refractivity contribution < 1.29 is 19.4 Å². The smallest absolute Gasteiger partial charge is 0.303 e. The highest BCUT2D eigenvalue weighted by Gasteiger charge is 2.23. The highest BCUT2D eigenvalue weighted by molar-refractivity contribution is 6.30. The van der Waals surface area contributed by atoms with Crippen LogP contribution in [0.15, 0.2) is 48.7 Å². The number of fused-ring (bicyclic) bond motifs is 1. The zero-order chi connectivity index (χ0) is 24.7.